The van der Waals surface area contributed by atoms with Crippen LogP contribution in [0.15, 0.2) is 24.3 Å². The van der Waals surface area contributed by atoms with Crippen molar-refractivity contribution in [2.24, 2.45) is 5.92 Å². The lowest BCUT2D eigenvalue weighted by Gasteiger charge is -2.34. The van der Waals surface area contributed by atoms with E-state index in [2.05, 4.69) is 36.5 Å². The number of benzene rings is 1. The Kier molecular flexibility index (Phi) is 6.67. The third-order valence-corrected chi connectivity index (χ3v) is 4.42. The summed E-state index contributed by atoms with van der Waals surface area (Å²) in [4.78, 5) is 14.1. The lowest BCUT2D eigenvalue weighted by Crippen LogP contribution is -2.45. The van der Waals surface area contributed by atoms with Crippen molar-refractivity contribution in [3.8, 4) is 0 Å². The largest absolute Gasteiger partial charge is 0.444 e. The van der Waals surface area contributed by atoms with Gasteiger partial charge >= 0.3 is 6.09 Å². The maximum Gasteiger partial charge on any atom is 0.410 e. The normalized spacial score (nSPS) is 18.5. The maximum absolute atomic E-state index is 12.2. The molecule has 24 heavy (non-hydrogen) atoms. The SMILES string of the molecule is CCc1ccccc1CNCC1CCCN(C(=O)OC(C)(C)C)C1. The molecule has 1 aromatic rings. The van der Waals surface area contributed by atoms with Crippen molar-refractivity contribution in [1.82, 2.24) is 10.2 Å². The van der Waals surface area contributed by atoms with Gasteiger partial charge < -0.3 is 15.0 Å². The number of piperidine rings is 1. The van der Waals surface area contributed by atoms with Gasteiger partial charge in [-0.2, -0.15) is 0 Å². The molecule has 1 atom stereocenters. The molecule has 1 amide bonds. The molecule has 1 aliphatic heterocycles. The molecular formula is C20H32N2O2. The summed E-state index contributed by atoms with van der Waals surface area (Å²) in [5.41, 5.74) is 2.36. The first-order chi connectivity index (χ1) is 11.4. The van der Waals surface area contributed by atoms with Crippen LogP contribution in [0.4, 0.5) is 4.79 Å². The number of aryl methyl sites for hydroxylation is 1. The summed E-state index contributed by atoms with van der Waals surface area (Å²) in [7, 11) is 0. The molecule has 1 aliphatic rings. The zero-order valence-electron chi connectivity index (χ0n) is 15.6. The van der Waals surface area contributed by atoms with E-state index in [-0.39, 0.29) is 6.09 Å². The Balaban J connectivity index is 1.80. The van der Waals surface area contributed by atoms with Crippen LogP contribution in [0.1, 0.15) is 51.7 Å². The van der Waals surface area contributed by atoms with Crippen molar-refractivity contribution in [2.75, 3.05) is 19.6 Å². The van der Waals surface area contributed by atoms with E-state index in [1.807, 2.05) is 25.7 Å². The highest BCUT2D eigenvalue weighted by atomic mass is 16.6. The molecule has 1 heterocycles. The molecule has 4 heteroatoms. The first-order valence-electron chi connectivity index (χ1n) is 9.14. The van der Waals surface area contributed by atoms with Crippen LogP contribution in [-0.2, 0) is 17.7 Å². The molecule has 0 saturated carbocycles. The van der Waals surface area contributed by atoms with E-state index in [0.29, 0.717) is 5.92 Å². The topological polar surface area (TPSA) is 41.6 Å². The van der Waals surface area contributed by atoms with Crippen LogP contribution in [0.3, 0.4) is 0 Å². The molecular weight excluding hydrogens is 300 g/mol. The van der Waals surface area contributed by atoms with Crippen molar-refractivity contribution >= 4 is 6.09 Å². The smallest absolute Gasteiger partial charge is 0.410 e. The quantitative estimate of drug-likeness (QED) is 0.886. The molecule has 1 fully saturated rings. The van der Waals surface area contributed by atoms with Crippen molar-refractivity contribution in [2.45, 2.75) is 59.1 Å². The van der Waals surface area contributed by atoms with Gasteiger partial charge in [-0.05, 0) is 63.6 Å². The third kappa shape index (κ3) is 5.82. The predicted octanol–water partition coefficient (Wildman–Crippen LogP) is 3.99. The van der Waals surface area contributed by atoms with Crippen LogP contribution in [-0.4, -0.2) is 36.2 Å². The van der Waals surface area contributed by atoms with E-state index in [4.69, 9.17) is 4.74 Å². The van der Waals surface area contributed by atoms with Crippen LogP contribution < -0.4 is 5.32 Å². The molecule has 0 bridgehead atoms. The van der Waals surface area contributed by atoms with Gasteiger partial charge in [0, 0.05) is 19.6 Å². The number of hydrogen-bond donors (Lipinski definition) is 1. The van der Waals surface area contributed by atoms with Gasteiger partial charge in [0.2, 0.25) is 0 Å². The molecule has 0 aliphatic carbocycles. The van der Waals surface area contributed by atoms with Gasteiger partial charge in [-0.3, -0.25) is 0 Å². The van der Waals surface area contributed by atoms with E-state index in [1.54, 1.807) is 0 Å². The number of likely N-dealkylation sites (tertiary alicyclic amines) is 1. The minimum Gasteiger partial charge on any atom is -0.444 e. The van der Waals surface area contributed by atoms with Gasteiger partial charge in [-0.1, -0.05) is 31.2 Å². The number of amides is 1. The lowest BCUT2D eigenvalue weighted by molar-refractivity contribution is 0.0166. The number of rotatable bonds is 5. The summed E-state index contributed by atoms with van der Waals surface area (Å²) in [5, 5.41) is 3.58. The lowest BCUT2D eigenvalue weighted by atomic mass is 9.98. The van der Waals surface area contributed by atoms with Crippen molar-refractivity contribution < 1.29 is 9.53 Å². The number of hydrogen-bond acceptors (Lipinski definition) is 3. The van der Waals surface area contributed by atoms with E-state index in [9.17, 15) is 4.79 Å². The van der Waals surface area contributed by atoms with E-state index in [1.165, 1.54) is 17.5 Å². The van der Waals surface area contributed by atoms with Gasteiger partial charge in [-0.25, -0.2) is 4.79 Å². The molecule has 1 unspecified atom stereocenters. The fraction of sp³-hybridized carbons (Fsp3) is 0.650. The summed E-state index contributed by atoms with van der Waals surface area (Å²) >= 11 is 0. The minimum absolute atomic E-state index is 0.177. The predicted molar refractivity (Wildman–Crippen MR) is 98.1 cm³/mol. The fourth-order valence-corrected chi connectivity index (χ4v) is 3.21. The molecule has 2 rings (SSSR count). The molecule has 4 nitrogen and oxygen atoms in total. The Labute approximate surface area is 146 Å². The Morgan fingerprint density at radius 3 is 2.67 bits per heavy atom. The van der Waals surface area contributed by atoms with Crippen LogP contribution >= 0.6 is 0 Å². The zero-order valence-corrected chi connectivity index (χ0v) is 15.6. The van der Waals surface area contributed by atoms with Crippen molar-refractivity contribution in [3.63, 3.8) is 0 Å². The number of carbonyl (C=O) groups excluding carboxylic acids is 1. The third-order valence-electron chi connectivity index (χ3n) is 4.42. The molecule has 1 saturated heterocycles. The first-order valence-corrected chi connectivity index (χ1v) is 9.14. The molecule has 0 aromatic heterocycles. The second-order valence-corrected chi connectivity index (χ2v) is 7.69. The van der Waals surface area contributed by atoms with E-state index in [0.717, 1.165) is 39.0 Å². The van der Waals surface area contributed by atoms with Crippen molar-refractivity contribution in [3.05, 3.63) is 35.4 Å². The highest BCUT2D eigenvalue weighted by Crippen LogP contribution is 2.19. The maximum atomic E-state index is 12.2. The summed E-state index contributed by atoms with van der Waals surface area (Å²) in [6, 6.07) is 8.59. The number of carbonyl (C=O) groups is 1. The van der Waals surface area contributed by atoms with Crippen molar-refractivity contribution in [1.29, 1.82) is 0 Å². The number of ether oxygens (including phenoxy) is 1. The van der Waals surface area contributed by atoms with E-state index < -0.39 is 5.60 Å². The average molecular weight is 332 g/mol. The van der Waals surface area contributed by atoms with E-state index >= 15 is 0 Å². The molecule has 0 spiro atoms. The summed E-state index contributed by atoms with van der Waals surface area (Å²) in [5.74, 6) is 0.500. The Morgan fingerprint density at radius 1 is 1.29 bits per heavy atom. The van der Waals surface area contributed by atoms with Gasteiger partial charge in [-0.15, -0.1) is 0 Å². The van der Waals surface area contributed by atoms with Gasteiger partial charge in [0.15, 0.2) is 0 Å². The monoisotopic (exact) mass is 332 g/mol. The Morgan fingerprint density at radius 2 is 2.00 bits per heavy atom. The Bertz CT molecular complexity index is 537. The second-order valence-electron chi connectivity index (χ2n) is 7.69. The van der Waals surface area contributed by atoms with Crippen LogP contribution in [0.2, 0.25) is 0 Å². The average Bonchev–Trinajstić information content (AvgIpc) is 2.54. The Hall–Kier alpha value is -1.55. The number of nitrogens with one attached hydrogen (secondary N) is 1. The van der Waals surface area contributed by atoms with Crippen LogP contribution in [0, 0.1) is 5.92 Å². The van der Waals surface area contributed by atoms with Gasteiger partial charge in [0.1, 0.15) is 5.60 Å². The molecule has 1 aromatic carbocycles. The van der Waals surface area contributed by atoms with Gasteiger partial charge in [0.05, 0.1) is 0 Å². The number of nitrogens with zero attached hydrogens (tertiary/aromatic N) is 1. The van der Waals surface area contributed by atoms with Gasteiger partial charge in [0.25, 0.3) is 0 Å². The summed E-state index contributed by atoms with van der Waals surface area (Å²) in [6.45, 7) is 11.4. The highest BCUT2D eigenvalue weighted by molar-refractivity contribution is 5.68. The molecule has 1 N–H and O–H groups in total. The van der Waals surface area contributed by atoms with Crippen LogP contribution in [0.5, 0.6) is 0 Å². The highest BCUT2D eigenvalue weighted by Gasteiger charge is 2.27. The second kappa shape index (κ2) is 8.52. The minimum atomic E-state index is -0.424. The standard InChI is InChI=1S/C20H32N2O2/c1-5-17-10-6-7-11-18(17)14-21-13-16-9-8-12-22(15-16)19(23)24-20(2,3)4/h6-7,10-11,16,21H,5,8-9,12-15H2,1-4H3. The molecule has 0 radical (unpaired) electrons. The zero-order chi connectivity index (χ0) is 17.6. The first kappa shape index (κ1) is 18.8. The van der Waals surface area contributed by atoms with Crippen LogP contribution in [0.25, 0.3) is 0 Å². The fourth-order valence-electron chi connectivity index (χ4n) is 3.21. The molecule has 134 valence electrons. The summed E-state index contributed by atoms with van der Waals surface area (Å²) in [6.07, 6.45) is 3.11. The summed E-state index contributed by atoms with van der Waals surface area (Å²) < 4.78 is 5.50.